The van der Waals surface area contributed by atoms with Crippen LogP contribution in [0, 0.1) is 0 Å². The maximum absolute atomic E-state index is 9.78. The molecule has 0 fully saturated rings. The van der Waals surface area contributed by atoms with E-state index in [1.807, 2.05) is 28.8 Å². The largest absolute Gasteiger partial charge is 0.309 e. The fourth-order valence-corrected chi connectivity index (χ4v) is 6.38. The summed E-state index contributed by atoms with van der Waals surface area (Å²) in [5, 5.41) is 0.828. The lowest BCUT2D eigenvalue weighted by Gasteiger charge is -2.11. The van der Waals surface area contributed by atoms with E-state index >= 15 is 0 Å². The number of rotatable bonds is 5. The first-order chi connectivity index (χ1) is 33.5. The zero-order valence-electron chi connectivity index (χ0n) is 46.7. The third-order valence-electron chi connectivity index (χ3n) is 8.62. The third-order valence-corrected chi connectivity index (χ3v) is 8.62. The molecule has 2 heteroatoms. The van der Waals surface area contributed by atoms with Gasteiger partial charge in [-0.2, -0.15) is 0 Å². The van der Waals surface area contributed by atoms with E-state index in [0.29, 0.717) is 22.2 Å². The number of nitrogens with zero attached hydrogens (tertiary/aromatic N) is 2. The minimum absolute atomic E-state index is 0.0452. The SMILES string of the molecule is [2H]c1c([2H])c([2H])c(-c2ccc(-n3c4ccccc4c4cc(-c5c([2H])c([2H])c6c(c5[2H])c5c([2H])c([2H])c([2H])c([2H])c5n6-c5c([2H])c([2H])c(-c6c([2H])c([2H])c([2H])c([2H])c6[2H])c([2H])c5[2H])ccc43)cc2)c([2H])c1[2H]. The second-order valence-electron chi connectivity index (χ2n) is 11.4. The monoisotopic (exact) mass is 657 g/mol. The number of hydrogen-bond acceptors (Lipinski definition) is 0. The molecule has 2 nitrogen and oxygen atoms in total. The van der Waals surface area contributed by atoms with Gasteiger partial charge in [0.05, 0.1) is 50.9 Å². The Balaban J connectivity index is 1.22. The fourth-order valence-electron chi connectivity index (χ4n) is 6.38. The van der Waals surface area contributed by atoms with Crippen molar-refractivity contribution in [1.82, 2.24) is 9.13 Å². The van der Waals surface area contributed by atoms with Crippen LogP contribution < -0.4 is 0 Å². The Morgan fingerprint density at radius 1 is 0.320 bits per heavy atom. The second-order valence-corrected chi connectivity index (χ2v) is 11.4. The van der Waals surface area contributed by atoms with Gasteiger partial charge in [0.2, 0.25) is 0 Å². The first kappa shape index (κ1) is 14.5. The molecule has 0 amide bonds. The molecular weight excluding hydrogens is 605 g/mol. The van der Waals surface area contributed by atoms with Gasteiger partial charge in [0.15, 0.2) is 0 Å². The van der Waals surface area contributed by atoms with Gasteiger partial charge in [-0.15, -0.1) is 0 Å². The molecule has 10 aromatic rings. The average Bonchev–Trinajstić information content (AvgIpc) is 3.89. The van der Waals surface area contributed by atoms with Crippen LogP contribution in [-0.2, 0) is 0 Å². The molecule has 0 aliphatic carbocycles. The van der Waals surface area contributed by atoms with E-state index in [9.17, 15) is 6.85 Å². The predicted molar refractivity (Wildman–Crippen MR) is 211 cm³/mol. The highest BCUT2D eigenvalue weighted by atomic mass is 15.0. The van der Waals surface area contributed by atoms with Gasteiger partial charge < -0.3 is 9.13 Å². The number of hydrogen-bond donors (Lipinski definition) is 0. The maximum Gasteiger partial charge on any atom is 0.0645 e. The molecule has 2 aromatic heterocycles. The van der Waals surface area contributed by atoms with Crippen LogP contribution in [0.15, 0.2) is 194 Å². The van der Waals surface area contributed by atoms with Crippen molar-refractivity contribution in [3.63, 3.8) is 0 Å². The Morgan fingerprint density at radius 3 is 1.68 bits per heavy atom. The first-order valence-electron chi connectivity index (χ1n) is 26.0. The van der Waals surface area contributed by atoms with E-state index in [0.717, 1.165) is 15.5 Å². The van der Waals surface area contributed by atoms with Gasteiger partial charge in [-0.3, -0.25) is 0 Å². The standard InChI is InChI=1S/C48H32N2/c1-3-11-33(12-4-1)35-19-25-39(26-20-35)49-45-17-9-7-15-41(45)43-31-37(23-29-47(43)49)38-24-30-48-44(32-38)42-16-8-10-18-46(42)50(48)40-27-21-36(22-28-40)34-13-5-2-6-14-34/h1-32H/i1D,2D,3D,4D,5D,6D,7D,9D,11D,12D,13D,14D,15D,17D,19D,20D,23D,25D,26D,29D,31D. The van der Waals surface area contributed by atoms with Crippen LogP contribution in [0.25, 0.3) is 88.4 Å². The van der Waals surface area contributed by atoms with Crippen LogP contribution in [0.5, 0.6) is 0 Å². The third kappa shape index (κ3) is 4.57. The maximum atomic E-state index is 9.78. The zero-order valence-corrected chi connectivity index (χ0v) is 25.7. The first-order valence-corrected chi connectivity index (χ1v) is 15.5. The van der Waals surface area contributed by atoms with E-state index in [4.69, 9.17) is 21.9 Å². The molecule has 0 saturated carbocycles. The predicted octanol–water partition coefficient (Wildman–Crippen LogP) is 12.9. The number of fused-ring (bicyclic) bond motifs is 6. The molecule has 10 rings (SSSR count). The van der Waals surface area contributed by atoms with Gasteiger partial charge in [-0.1, -0.05) is 133 Å². The van der Waals surface area contributed by atoms with Crippen molar-refractivity contribution in [1.29, 1.82) is 0 Å². The lowest BCUT2D eigenvalue weighted by atomic mass is 10.0. The molecule has 0 bridgehead atoms. The Morgan fingerprint density at radius 2 is 0.900 bits per heavy atom. The topological polar surface area (TPSA) is 9.86 Å². The summed E-state index contributed by atoms with van der Waals surface area (Å²) in [4.78, 5) is 0. The molecule has 0 spiro atoms. The quantitative estimate of drug-likeness (QED) is 0.174. The van der Waals surface area contributed by atoms with Gasteiger partial charge in [-0.25, -0.2) is 0 Å². The summed E-state index contributed by atoms with van der Waals surface area (Å²) in [6.07, 6.45) is 0. The highest BCUT2D eigenvalue weighted by Crippen LogP contribution is 2.38. The molecule has 234 valence electrons. The normalized spacial score (nSPS) is 17.5. The second kappa shape index (κ2) is 11.5. The molecule has 0 N–H and O–H groups in total. The van der Waals surface area contributed by atoms with Gasteiger partial charge in [0.1, 0.15) is 0 Å². The summed E-state index contributed by atoms with van der Waals surface area (Å²) < 4.78 is 187. The van der Waals surface area contributed by atoms with Crippen molar-refractivity contribution in [2.75, 3.05) is 0 Å². The Hall–Kier alpha value is -6.64. The molecule has 8 aromatic carbocycles. The summed E-state index contributed by atoms with van der Waals surface area (Å²) in [5.41, 5.74) is -0.0429. The fraction of sp³-hybridized carbons (Fsp3) is 0. The number of benzene rings is 8. The lowest BCUT2D eigenvalue weighted by Crippen LogP contribution is -1.94. The summed E-state index contributed by atoms with van der Waals surface area (Å²) >= 11 is 0. The summed E-state index contributed by atoms with van der Waals surface area (Å²) in [6, 6.07) is 5.38. The summed E-state index contributed by atoms with van der Waals surface area (Å²) in [5.74, 6) is 0. The minimum atomic E-state index is -0.869. The van der Waals surface area contributed by atoms with Crippen LogP contribution >= 0.6 is 0 Å². The molecule has 2 heterocycles. The van der Waals surface area contributed by atoms with Crippen molar-refractivity contribution in [3.8, 4) is 44.8 Å². The van der Waals surface area contributed by atoms with Crippen molar-refractivity contribution >= 4 is 43.6 Å². The Bertz CT molecular complexity index is 3970. The van der Waals surface area contributed by atoms with Crippen LogP contribution in [0.2, 0.25) is 0 Å². The van der Waals surface area contributed by atoms with Crippen molar-refractivity contribution in [3.05, 3.63) is 194 Å². The van der Waals surface area contributed by atoms with Crippen molar-refractivity contribution < 1.29 is 28.8 Å². The average molecular weight is 658 g/mol. The van der Waals surface area contributed by atoms with Gasteiger partial charge in [0.25, 0.3) is 0 Å². The van der Waals surface area contributed by atoms with Crippen LogP contribution in [0.3, 0.4) is 0 Å². The highest BCUT2D eigenvalue weighted by molar-refractivity contribution is 6.12. The Kier molecular flexibility index (Phi) is 3.33. The highest BCUT2D eigenvalue weighted by Gasteiger charge is 2.16. The smallest absolute Gasteiger partial charge is 0.0645 e. The van der Waals surface area contributed by atoms with Crippen molar-refractivity contribution in [2.24, 2.45) is 0 Å². The van der Waals surface area contributed by atoms with Crippen molar-refractivity contribution in [2.45, 2.75) is 0 Å². The molecular formula is C48H32N2. The molecule has 0 aliphatic heterocycles. The van der Waals surface area contributed by atoms with Gasteiger partial charge in [0, 0.05) is 32.9 Å². The van der Waals surface area contributed by atoms with Crippen LogP contribution in [0.1, 0.15) is 28.8 Å². The number of aromatic nitrogens is 2. The van der Waals surface area contributed by atoms with E-state index in [2.05, 4.69) is 0 Å². The minimum Gasteiger partial charge on any atom is -0.309 e. The molecule has 0 radical (unpaired) electrons. The van der Waals surface area contributed by atoms with E-state index in [1.165, 1.54) is 0 Å². The van der Waals surface area contributed by atoms with E-state index < -0.39 is 143 Å². The molecule has 0 unspecified atom stereocenters. The zero-order chi connectivity index (χ0) is 51.3. The van der Waals surface area contributed by atoms with Crippen LogP contribution in [0.4, 0.5) is 0 Å². The van der Waals surface area contributed by atoms with E-state index in [1.54, 1.807) is 42.5 Å². The van der Waals surface area contributed by atoms with Gasteiger partial charge >= 0.3 is 0 Å². The van der Waals surface area contributed by atoms with Crippen LogP contribution in [-0.4, -0.2) is 9.13 Å². The molecule has 0 atom stereocenters. The summed E-state index contributed by atoms with van der Waals surface area (Å²) in [6.45, 7) is 0. The Labute approximate surface area is 320 Å². The van der Waals surface area contributed by atoms with E-state index in [-0.39, 0.29) is 39.5 Å². The summed E-state index contributed by atoms with van der Waals surface area (Å²) in [7, 11) is 0. The molecule has 0 saturated heterocycles. The number of para-hydroxylation sites is 2. The molecule has 50 heavy (non-hydrogen) atoms. The molecule has 0 aliphatic rings. The lowest BCUT2D eigenvalue weighted by molar-refractivity contribution is 1.18. The van der Waals surface area contributed by atoms with Gasteiger partial charge in [-0.05, 0) is 93.9 Å².